The first-order valence-corrected chi connectivity index (χ1v) is 10.3. The number of nitrogens with zero attached hydrogens (tertiary/aromatic N) is 2. The topological polar surface area (TPSA) is 46.4 Å². The molecule has 1 N–H and O–H groups in total. The number of rotatable bonds is 5. The number of carbonyl (C=O) groups is 1. The molecule has 0 spiro atoms. The van der Waals surface area contributed by atoms with Crippen molar-refractivity contribution in [3.63, 3.8) is 0 Å². The molecule has 4 aromatic rings. The Hall–Kier alpha value is -3.15. The number of hydrogen-bond donors (Lipinski definition) is 1. The Morgan fingerprint density at radius 3 is 2.28 bits per heavy atom. The van der Waals surface area contributed by atoms with E-state index in [-0.39, 0.29) is 12.3 Å². The summed E-state index contributed by atoms with van der Waals surface area (Å²) in [5.74, 6) is -0.112. The van der Waals surface area contributed by atoms with Crippen LogP contribution in [-0.2, 0) is 11.2 Å². The first-order chi connectivity index (χ1) is 14.2. The van der Waals surface area contributed by atoms with E-state index < -0.39 is 0 Å². The Balaban J connectivity index is 1.72. The van der Waals surface area contributed by atoms with Crippen molar-refractivity contribution >= 4 is 34.5 Å². The van der Waals surface area contributed by atoms with E-state index >= 15 is 0 Å². The lowest BCUT2D eigenvalue weighted by molar-refractivity contribution is -0.116. The lowest BCUT2D eigenvalue weighted by Crippen LogP contribution is -2.32. The van der Waals surface area contributed by atoms with E-state index in [1.165, 1.54) is 11.3 Å². The number of hydrogen-bond acceptors (Lipinski definition) is 3. The number of nitrogens with one attached hydrogen (secondary N) is 1. The molecule has 0 fully saturated rings. The highest BCUT2D eigenvalue weighted by Crippen LogP contribution is 2.22. The van der Waals surface area contributed by atoms with Crippen LogP contribution in [-0.4, -0.2) is 10.6 Å². The normalized spacial score (nSPS) is 11.4. The minimum atomic E-state index is -0.112. The second kappa shape index (κ2) is 8.90. The van der Waals surface area contributed by atoms with Crippen molar-refractivity contribution in [2.75, 3.05) is 5.43 Å². The lowest BCUT2D eigenvalue weighted by atomic mass is 10.1. The minimum absolute atomic E-state index is 0.112. The number of benzene rings is 3. The van der Waals surface area contributed by atoms with Crippen molar-refractivity contribution < 1.29 is 4.79 Å². The van der Waals surface area contributed by atoms with Crippen LogP contribution in [0.2, 0.25) is 5.02 Å². The largest absolute Gasteiger partial charge is 0.273 e. The Morgan fingerprint density at radius 1 is 0.931 bits per heavy atom. The van der Waals surface area contributed by atoms with Crippen LogP contribution in [0.25, 0.3) is 11.3 Å². The van der Waals surface area contributed by atoms with E-state index in [1.807, 2.05) is 90.3 Å². The fourth-order valence-electron chi connectivity index (χ4n) is 2.88. The maximum Gasteiger partial charge on any atom is 0.243 e. The van der Waals surface area contributed by atoms with E-state index in [9.17, 15) is 4.79 Å². The number of thiazole rings is 1. The second-order valence-electron chi connectivity index (χ2n) is 6.39. The molecule has 4 nitrogen and oxygen atoms in total. The summed E-state index contributed by atoms with van der Waals surface area (Å²) in [6.07, 6.45) is 0.286. The SMILES string of the molecule is O=C(Cc1ccccc1)Nn1c(-c2ccc(Cl)cc2)csc1=Nc1ccccc1. The van der Waals surface area contributed by atoms with Gasteiger partial charge in [-0.1, -0.05) is 72.3 Å². The van der Waals surface area contributed by atoms with E-state index in [0.717, 1.165) is 22.5 Å². The molecule has 29 heavy (non-hydrogen) atoms. The molecule has 0 bridgehead atoms. The summed E-state index contributed by atoms with van der Waals surface area (Å²) in [5, 5.41) is 2.64. The summed E-state index contributed by atoms with van der Waals surface area (Å²) in [6.45, 7) is 0. The van der Waals surface area contributed by atoms with E-state index in [1.54, 1.807) is 4.68 Å². The number of para-hydroxylation sites is 1. The van der Waals surface area contributed by atoms with Crippen LogP contribution in [0.4, 0.5) is 5.69 Å². The van der Waals surface area contributed by atoms with Crippen LogP contribution in [0, 0.1) is 0 Å². The standard InChI is InChI=1S/C23H18ClN3OS/c24-19-13-11-18(12-14-19)21-16-29-23(25-20-9-5-2-6-10-20)27(21)26-22(28)15-17-7-3-1-4-8-17/h1-14,16H,15H2,(H,26,28). The average molecular weight is 420 g/mol. The van der Waals surface area contributed by atoms with Crippen molar-refractivity contribution in [1.82, 2.24) is 4.68 Å². The monoisotopic (exact) mass is 419 g/mol. The number of aromatic nitrogens is 1. The molecule has 3 aromatic carbocycles. The fraction of sp³-hybridized carbons (Fsp3) is 0.0435. The van der Waals surface area contributed by atoms with Crippen LogP contribution in [0.5, 0.6) is 0 Å². The van der Waals surface area contributed by atoms with Crippen molar-refractivity contribution in [2.24, 2.45) is 4.99 Å². The molecule has 0 aliphatic heterocycles. The molecule has 0 aliphatic rings. The molecule has 4 rings (SSSR count). The highest BCUT2D eigenvalue weighted by Gasteiger charge is 2.12. The van der Waals surface area contributed by atoms with E-state index in [2.05, 4.69) is 5.43 Å². The maximum atomic E-state index is 12.7. The van der Waals surface area contributed by atoms with Crippen LogP contribution in [0.15, 0.2) is 95.3 Å². The molecular weight excluding hydrogens is 402 g/mol. The summed E-state index contributed by atoms with van der Waals surface area (Å²) in [4.78, 5) is 18.1. The summed E-state index contributed by atoms with van der Waals surface area (Å²) >= 11 is 7.50. The summed E-state index contributed by atoms with van der Waals surface area (Å²) in [7, 11) is 0. The van der Waals surface area contributed by atoms with Gasteiger partial charge >= 0.3 is 0 Å². The Morgan fingerprint density at radius 2 is 1.59 bits per heavy atom. The Bertz CT molecular complexity index is 1170. The number of carbonyl (C=O) groups excluding carboxylic acids is 1. The van der Waals surface area contributed by atoms with Gasteiger partial charge in [-0.15, -0.1) is 11.3 Å². The molecule has 6 heteroatoms. The smallest absolute Gasteiger partial charge is 0.243 e. The predicted octanol–water partition coefficient (Wildman–Crippen LogP) is 5.42. The van der Waals surface area contributed by atoms with Gasteiger partial charge in [0.05, 0.1) is 17.8 Å². The Kier molecular flexibility index (Phi) is 5.89. The van der Waals surface area contributed by atoms with Gasteiger partial charge in [0.25, 0.3) is 0 Å². The van der Waals surface area contributed by atoms with Gasteiger partial charge in [0, 0.05) is 16.0 Å². The molecule has 0 aliphatic carbocycles. The number of amides is 1. The maximum absolute atomic E-state index is 12.7. The first kappa shape index (κ1) is 19.2. The van der Waals surface area contributed by atoms with E-state index in [4.69, 9.17) is 16.6 Å². The fourth-order valence-corrected chi connectivity index (χ4v) is 3.87. The van der Waals surface area contributed by atoms with Gasteiger partial charge in [0.1, 0.15) is 0 Å². The molecule has 1 aromatic heterocycles. The van der Waals surface area contributed by atoms with Gasteiger partial charge in [0.2, 0.25) is 10.7 Å². The third-order valence-electron chi connectivity index (χ3n) is 4.27. The van der Waals surface area contributed by atoms with Crippen molar-refractivity contribution in [2.45, 2.75) is 6.42 Å². The number of halogens is 1. The van der Waals surface area contributed by atoms with Gasteiger partial charge in [-0.25, -0.2) is 9.67 Å². The highest BCUT2D eigenvalue weighted by atomic mass is 35.5. The van der Waals surface area contributed by atoms with Crippen LogP contribution in [0.1, 0.15) is 5.56 Å². The molecule has 0 atom stereocenters. The molecule has 1 amide bonds. The Labute approximate surface area is 177 Å². The zero-order valence-corrected chi connectivity index (χ0v) is 17.0. The minimum Gasteiger partial charge on any atom is -0.273 e. The lowest BCUT2D eigenvalue weighted by Gasteiger charge is -2.11. The quantitative estimate of drug-likeness (QED) is 0.461. The van der Waals surface area contributed by atoms with Crippen LogP contribution >= 0.6 is 22.9 Å². The van der Waals surface area contributed by atoms with Gasteiger partial charge < -0.3 is 0 Å². The zero-order chi connectivity index (χ0) is 20.1. The molecular formula is C23H18ClN3OS. The zero-order valence-electron chi connectivity index (χ0n) is 15.5. The predicted molar refractivity (Wildman–Crippen MR) is 119 cm³/mol. The summed E-state index contributed by atoms with van der Waals surface area (Å²) in [5.41, 5.74) is 6.57. The van der Waals surface area contributed by atoms with Gasteiger partial charge in [-0.2, -0.15) is 0 Å². The first-order valence-electron chi connectivity index (χ1n) is 9.09. The van der Waals surface area contributed by atoms with E-state index in [0.29, 0.717) is 9.82 Å². The summed E-state index contributed by atoms with van der Waals surface area (Å²) < 4.78 is 1.74. The third-order valence-corrected chi connectivity index (χ3v) is 5.35. The van der Waals surface area contributed by atoms with Crippen molar-refractivity contribution in [3.8, 4) is 11.3 Å². The molecule has 0 radical (unpaired) electrons. The summed E-state index contributed by atoms with van der Waals surface area (Å²) in [6, 6.07) is 26.9. The van der Waals surface area contributed by atoms with Crippen molar-refractivity contribution in [1.29, 1.82) is 0 Å². The molecule has 0 saturated carbocycles. The molecule has 144 valence electrons. The van der Waals surface area contributed by atoms with Gasteiger partial charge in [0.15, 0.2) is 0 Å². The van der Waals surface area contributed by atoms with Crippen molar-refractivity contribution in [3.05, 3.63) is 106 Å². The molecule has 0 unspecified atom stereocenters. The average Bonchev–Trinajstić information content (AvgIpc) is 3.12. The highest BCUT2D eigenvalue weighted by molar-refractivity contribution is 7.07. The van der Waals surface area contributed by atoms with Gasteiger partial charge in [-0.05, 0) is 29.8 Å². The second-order valence-corrected chi connectivity index (χ2v) is 7.66. The van der Waals surface area contributed by atoms with Gasteiger partial charge in [-0.3, -0.25) is 10.2 Å². The molecule has 1 heterocycles. The molecule has 0 saturated heterocycles. The van der Waals surface area contributed by atoms with Crippen LogP contribution < -0.4 is 10.2 Å². The third kappa shape index (κ3) is 4.83. The van der Waals surface area contributed by atoms with Crippen LogP contribution in [0.3, 0.4) is 0 Å².